The average Bonchev–Trinajstić information content (AvgIpc) is 2.83. The molecule has 0 aromatic heterocycles. The van der Waals surface area contributed by atoms with Crippen LogP contribution in [0.15, 0.2) is 47.4 Å². The molecule has 0 bridgehead atoms. The number of nitrogens with one attached hydrogen (secondary N) is 1. The van der Waals surface area contributed by atoms with Crippen LogP contribution in [-0.4, -0.2) is 51.9 Å². The summed E-state index contributed by atoms with van der Waals surface area (Å²) < 4.78 is 51.1. The van der Waals surface area contributed by atoms with Crippen LogP contribution in [0.25, 0.3) is 0 Å². The van der Waals surface area contributed by atoms with E-state index in [0.29, 0.717) is 18.4 Å². The molecular weight excluding hydrogens is 451 g/mol. The molecule has 1 aliphatic heterocycles. The molecule has 0 spiro atoms. The lowest BCUT2D eigenvalue weighted by atomic mass is 9.96. The molecule has 33 heavy (non-hydrogen) atoms. The number of hydrogen-bond acceptors (Lipinski definition) is 6. The van der Waals surface area contributed by atoms with Gasteiger partial charge in [0.05, 0.1) is 30.7 Å². The van der Waals surface area contributed by atoms with Crippen molar-refractivity contribution in [1.29, 1.82) is 0 Å². The van der Waals surface area contributed by atoms with Gasteiger partial charge in [0.2, 0.25) is 15.9 Å². The van der Waals surface area contributed by atoms with Crippen molar-refractivity contribution in [2.45, 2.75) is 30.7 Å². The minimum atomic E-state index is -3.93. The molecule has 1 fully saturated rings. The van der Waals surface area contributed by atoms with Gasteiger partial charge in [-0.15, -0.1) is 0 Å². The van der Waals surface area contributed by atoms with Gasteiger partial charge in [0.15, 0.2) is 11.6 Å². The lowest BCUT2D eigenvalue weighted by Gasteiger charge is -2.31. The van der Waals surface area contributed by atoms with Crippen LogP contribution in [0.3, 0.4) is 0 Å². The van der Waals surface area contributed by atoms with E-state index in [4.69, 9.17) is 9.47 Å². The van der Waals surface area contributed by atoms with Crippen molar-refractivity contribution in [3.05, 3.63) is 59.4 Å². The van der Waals surface area contributed by atoms with E-state index in [0.717, 1.165) is 0 Å². The van der Waals surface area contributed by atoms with E-state index < -0.39 is 27.9 Å². The summed E-state index contributed by atoms with van der Waals surface area (Å²) in [5, 5.41) is 2.87. The van der Waals surface area contributed by atoms with Crippen LogP contribution in [0.5, 0.6) is 5.75 Å². The van der Waals surface area contributed by atoms with Gasteiger partial charge in [0, 0.05) is 19.0 Å². The van der Waals surface area contributed by atoms with Crippen molar-refractivity contribution in [3.8, 4) is 5.75 Å². The standard InChI is InChI=1S/C23H27FN2O6S/c1-15(17-8-9-20(31-2)19(24)14-17)25-22(27)16-10-12-26(13-11-16)33(29,30)21-7-5-4-6-18(21)23(28)32-3/h4-9,14-16H,10-13H2,1-3H3,(H,25,27)/t15-/m1/s1. The Hall–Kier alpha value is -2.98. The molecule has 1 atom stereocenters. The fourth-order valence-electron chi connectivity index (χ4n) is 3.83. The van der Waals surface area contributed by atoms with E-state index in [9.17, 15) is 22.4 Å². The third kappa shape index (κ3) is 5.33. The van der Waals surface area contributed by atoms with Gasteiger partial charge in [0.25, 0.3) is 0 Å². The zero-order valence-corrected chi connectivity index (χ0v) is 19.5. The molecule has 3 rings (SSSR count). The Balaban J connectivity index is 1.64. The summed E-state index contributed by atoms with van der Waals surface area (Å²) in [5.41, 5.74) is 0.571. The third-order valence-corrected chi connectivity index (χ3v) is 7.73. The van der Waals surface area contributed by atoms with Crippen molar-refractivity contribution in [2.75, 3.05) is 27.3 Å². The number of sulfonamides is 1. The van der Waals surface area contributed by atoms with Crippen LogP contribution < -0.4 is 10.1 Å². The number of piperidine rings is 1. The number of esters is 1. The van der Waals surface area contributed by atoms with Gasteiger partial charge in [-0.3, -0.25) is 4.79 Å². The highest BCUT2D eigenvalue weighted by Crippen LogP contribution is 2.27. The molecule has 10 heteroatoms. The number of carbonyl (C=O) groups excluding carboxylic acids is 2. The fourth-order valence-corrected chi connectivity index (χ4v) is 5.48. The Morgan fingerprint density at radius 1 is 1.12 bits per heavy atom. The Morgan fingerprint density at radius 2 is 1.79 bits per heavy atom. The number of nitrogens with zero attached hydrogens (tertiary/aromatic N) is 1. The first-order chi connectivity index (χ1) is 15.7. The summed E-state index contributed by atoms with van der Waals surface area (Å²) in [6.07, 6.45) is 0.657. The first-order valence-corrected chi connectivity index (χ1v) is 11.9. The van der Waals surface area contributed by atoms with Gasteiger partial charge < -0.3 is 14.8 Å². The number of amides is 1. The molecule has 1 amide bonds. The second kappa shape index (κ2) is 10.3. The molecule has 1 aliphatic rings. The van der Waals surface area contributed by atoms with Crippen molar-refractivity contribution in [2.24, 2.45) is 5.92 Å². The summed E-state index contributed by atoms with van der Waals surface area (Å²) in [7, 11) is -1.36. The summed E-state index contributed by atoms with van der Waals surface area (Å²) in [6.45, 7) is 2.03. The number of carbonyl (C=O) groups is 2. The van der Waals surface area contributed by atoms with Crippen LogP contribution >= 0.6 is 0 Å². The van der Waals surface area contributed by atoms with Gasteiger partial charge in [-0.05, 0) is 49.6 Å². The first kappa shape index (κ1) is 24.7. The SMILES string of the molecule is COC(=O)c1ccccc1S(=O)(=O)N1CCC(C(=O)N[C@H](C)c2ccc(OC)c(F)c2)CC1. The van der Waals surface area contributed by atoms with Crippen LogP contribution in [0.4, 0.5) is 4.39 Å². The highest BCUT2D eigenvalue weighted by Gasteiger charge is 2.34. The monoisotopic (exact) mass is 478 g/mol. The Morgan fingerprint density at radius 3 is 2.39 bits per heavy atom. The zero-order valence-electron chi connectivity index (χ0n) is 18.7. The summed E-state index contributed by atoms with van der Waals surface area (Å²) in [5.74, 6) is -1.71. The Labute approximate surface area is 192 Å². The van der Waals surface area contributed by atoms with E-state index >= 15 is 0 Å². The van der Waals surface area contributed by atoms with Gasteiger partial charge in [-0.1, -0.05) is 18.2 Å². The molecular formula is C23H27FN2O6S. The number of hydrogen-bond donors (Lipinski definition) is 1. The maximum Gasteiger partial charge on any atom is 0.339 e. The van der Waals surface area contributed by atoms with Gasteiger partial charge in [-0.2, -0.15) is 4.31 Å². The highest BCUT2D eigenvalue weighted by molar-refractivity contribution is 7.89. The van der Waals surface area contributed by atoms with Crippen molar-refractivity contribution < 1.29 is 31.9 Å². The van der Waals surface area contributed by atoms with Gasteiger partial charge >= 0.3 is 5.97 Å². The fraction of sp³-hybridized carbons (Fsp3) is 0.391. The van der Waals surface area contributed by atoms with Gasteiger partial charge in [0.1, 0.15) is 0 Å². The van der Waals surface area contributed by atoms with Crippen LogP contribution in [-0.2, 0) is 19.6 Å². The van der Waals surface area contributed by atoms with Crippen LogP contribution in [0, 0.1) is 11.7 Å². The minimum Gasteiger partial charge on any atom is -0.494 e. The molecule has 1 heterocycles. The Bertz CT molecular complexity index is 1130. The third-order valence-electron chi connectivity index (χ3n) is 5.77. The van der Waals surface area contributed by atoms with E-state index in [2.05, 4.69) is 5.32 Å². The van der Waals surface area contributed by atoms with Crippen LogP contribution in [0.1, 0.15) is 41.7 Å². The summed E-state index contributed by atoms with van der Waals surface area (Å²) in [6, 6.07) is 9.96. The van der Waals surface area contributed by atoms with E-state index in [1.165, 1.54) is 42.8 Å². The largest absolute Gasteiger partial charge is 0.494 e. The number of halogens is 1. The minimum absolute atomic E-state index is 0.0274. The van der Waals surface area contributed by atoms with Gasteiger partial charge in [-0.25, -0.2) is 17.6 Å². The van der Waals surface area contributed by atoms with E-state index in [1.807, 2.05) is 0 Å². The second-order valence-electron chi connectivity index (χ2n) is 7.79. The van der Waals surface area contributed by atoms with E-state index in [-0.39, 0.29) is 41.1 Å². The normalized spacial score (nSPS) is 16.1. The maximum absolute atomic E-state index is 14.0. The molecule has 0 unspecified atom stereocenters. The summed E-state index contributed by atoms with van der Waals surface area (Å²) >= 11 is 0. The molecule has 0 saturated carbocycles. The topological polar surface area (TPSA) is 102 Å². The average molecular weight is 479 g/mol. The smallest absolute Gasteiger partial charge is 0.339 e. The first-order valence-electron chi connectivity index (χ1n) is 10.5. The Kier molecular flexibility index (Phi) is 7.70. The van der Waals surface area contributed by atoms with E-state index in [1.54, 1.807) is 25.1 Å². The predicted molar refractivity (Wildman–Crippen MR) is 119 cm³/mol. The predicted octanol–water partition coefficient (Wildman–Crippen LogP) is 2.90. The second-order valence-corrected chi connectivity index (χ2v) is 9.70. The number of rotatable bonds is 7. The molecule has 0 radical (unpaired) electrons. The molecule has 2 aromatic carbocycles. The lowest BCUT2D eigenvalue weighted by Crippen LogP contribution is -2.43. The molecule has 0 aliphatic carbocycles. The molecule has 2 aromatic rings. The maximum atomic E-state index is 14.0. The number of methoxy groups -OCH3 is 2. The summed E-state index contributed by atoms with van der Waals surface area (Å²) in [4.78, 5) is 24.6. The quantitative estimate of drug-likeness (QED) is 0.614. The van der Waals surface area contributed by atoms with Crippen LogP contribution in [0.2, 0.25) is 0 Å². The van der Waals surface area contributed by atoms with Crippen molar-refractivity contribution >= 4 is 21.9 Å². The molecule has 178 valence electrons. The van der Waals surface area contributed by atoms with Crippen molar-refractivity contribution in [3.63, 3.8) is 0 Å². The number of benzene rings is 2. The number of ether oxygens (including phenoxy) is 2. The van der Waals surface area contributed by atoms with Crippen molar-refractivity contribution in [1.82, 2.24) is 9.62 Å². The highest BCUT2D eigenvalue weighted by atomic mass is 32.2. The zero-order chi connectivity index (χ0) is 24.2. The molecule has 1 saturated heterocycles. The molecule has 1 N–H and O–H groups in total. The lowest BCUT2D eigenvalue weighted by molar-refractivity contribution is -0.126. The molecule has 8 nitrogen and oxygen atoms in total.